The van der Waals surface area contributed by atoms with Crippen molar-refractivity contribution in [2.24, 2.45) is 5.14 Å². The average molecular weight is 267 g/mol. The summed E-state index contributed by atoms with van der Waals surface area (Å²) in [7, 11) is -3.82. The summed E-state index contributed by atoms with van der Waals surface area (Å²) >= 11 is 11.4. The molecular weight excluding hydrogens is 259 g/mol. The largest absolute Gasteiger partial charge is 0.396 e. The summed E-state index contributed by atoms with van der Waals surface area (Å²) in [5, 5.41) is 5.15. The van der Waals surface area contributed by atoms with E-state index in [1.54, 1.807) is 0 Å². The third-order valence-corrected chi connectivity index (χ3v) is 3.59. The Morgan fingerprint density at radius 1 is 1.36 bits per heavy atom. The number of rotatable bonds is 1. The minimum atomic E-state index is -3.82. The van der Waals surface area contributed by atoms with E-state index in [2.05, 4.69) is 0 Å². The summed E-state index contributed by atoms with van der Waals surface area (Å²) in [4.78, 5) is -0.110. The summed E-state index contributed by atoms with van der Waals surface area (Å²) < 4.78 is 22.2. The van der Waals surface area contributed by atoms with Crippen molar-refractivity contribution < 1.29 is 8.42 Å². The predicted octanol–water partition coefficient (Wildman–Crippen LogP) is 1.53. The lowest BCUT2D eigenvalue weighted by Gasteiger charge is -2.09. The average Bonchev–Trinajstić information content (AvgIpc) is 2.06. The Morgan fingerprint density at radius 2 is 1.86 bits per heavy atom. The second-order valence-electron chi connectivity index (χ2n) is 2.75. The number of hydrogen-bond acceptors (Lipinski definition) is 3. The third-order valence-electron chi connectivity index (χ3n) is 1.76. The number of anilines is 1. The fourth-order valence-corrected chi connectivity index (χ4v) is 2.40. The standard InChI is InChI=1S/C7H8Cl2N2O2S/c1-3-5(14(11,12)13)2-4(8)7(10)6(3)9/h2H,10H2,1H3,(H2,11,12,13)/i2+2,3+2,4+2,5+2,6+2,7+2. The number of sulfonamides is 1. The van der Waals surface area contributed by atoms with Gasteiger partial charge in [0.15, 0.2) is 0 Å². The minimum absolute atomic E-state index is 0.0737. The van der Waals surface area contributed by atoms with E-state index in [1.165, 1.54) is 13.0 Å². The zero-order chi connectivity index (χ0) is 11.1. The Bertz CT molecular complexity index is 485. The second-order valence-corrected chi connectivity index (χ2v) is 5.07. The van der Waals surface area contributed by atoms with Crippen molar-refractivity contribution in [1.29, 1.82) is 0 Å². The number of nitrogens with two attached hydrogens (primary N) is 2. The van der Waals surface area contributed by atoms with Crippen molar-refractivity contribution in [2.75, 3.05) is 5.73 Å². The normalized spacial score (nSPS) is 11.7. The fourth-order valence-electron chi connectivity index (χ4n) is 1.01. The van der Waals surface area contributed by atoms with Crippen LogP contribution in [0.25, 0.3) is 0 Å². The van der Waals surface area contributed by atoms with E-state index in [9.17, 15) is 8.42 Å². The Kier molecular flexibility index (Phi) is 2.96. The smallest absolute Gasteiger partial charge is 0.238 e. The van der Waals surface area contributed by atoms with Crippen LogP contribution in [-0.2, 0) is 10.0 Å². The van der Waals surface area contributed by atoms with Crippen LogP contribution in [0.2, 0.25) is 10.0 Å². The molecule has 1 rings (SSSR count). The van der Waals surface area contributed by atoms with E-state index in [4.69, 9.17) is 34.1 Å². The van der Waals surface area contributed by atoms with E-state index in [1.807, 2.05) is 0 Å². The summed E-state index contributed by atoms with van der Waals surface area (Å²) in [5.74, 6) is 0. The van der Waals surface area contributed by atoms with Gasteiger partial charge in [-0.3, -0.25) is 0 Å². The quantitative estimate of drug-likeness (QED) is 0.756. The molecule has 0 bridgehead atoms. The number of benzene rings is 1. The van der Waals surface area contributed by atoms with Crippen molar-refractivity contribution in [3.8, 4) is 0 Å². The molecule has 0 unspecified atom stereocenters. The first-order valence-electron chi connectivity index (χ1n) is 3.52. The molecule has 7 heteroatoms. The molecule has 0 amide bonds. The molecule has 0 radical (unpaired) electrons. The number of hydrogen-bond donors (Lipinski definition) is 2. The molecule has 78 valence electrons. The maximum atomic E-state index is 11.1. The van der Waals surface area contributed by atoms with E-state index in [0.717, 1.165) is 0 Å². The molecule has 4 N–H and O–H groups in total. The Morgan fingerprint density at radius 3 is 2.29 bits per heavy atom. The van der Waals surface area contributed by atoms with E-state index in [0.29, 0.717) is 5.56 Å². The van der Waals surface area contributed by atoms with Crippen molar-refractivity contribution in [2.45, 2.75) is 11.8 Å². The highest BCUT2D eigenvalue weighted by Crippen LogP contribution is 2.34. The van der Waals surface area contributed by atoms with Gasteiger partial charge in [0.1, 0.15) is 0 Å². The first-order chi connectivity index (χ1) is 6.25. The van der Waals surface area contributed by atoms with Gasteiger partial charge in [0.05, 0.1) is 20.6 Å². The summed E-state index contributed by atoms with van der Waals surface area (Å²) in [6, 6.07) is 1.19. The lowest BCUT2D eigenvalue weighted by molar-refractivity contribution is 0.597. The molecule has 0 atom stereocenters. The molecule has 0 aliphatic heterocycles. The van der Waals surface area contributed by atoms with Gasteiger partial charge in [-0.2, -0.15) is 0 Å². The van der Waals surface area contributed by atoms with E-state index < -0.39 is 10.0 Å². The van der Waals surface area contributed by atoms with E-state index in [-0.39, 0.29) is 20.6 Å². The van der Waals surface area contributed by atoms with Gasteiger partial charge in [0.25, 0.3) is 0 Å². The van der Waals surface area contributed by atoms with Gasteiger partial charge in [-0.1, -0.05) is 23.2 Å². The number of primary sulfonamides is 1. The molecule has 4 nitrogen and oxygen atoms in total. The fraction of sp³-hybridized carbons (Fsp3) is 0.143. The molecule has 0 saturated heterocycles. The molecule has 1 aromatic carbocycles. The van der Waals surface area contributed by atoms with Crippen LogP contribution in [0.4, 0.5) is 5.69 Å². The van der Waals surface area contributed by atoms with Gasteiger partial charge in [0.2, 0.25) is 10.0 Å². The van der Waals surface area contributed by atoms with Crippen LogP contribution in [0.3, 0.4) is 0 Å². The Hall–Kier alpha value is -0.490. The highest BCUT2D eigenvalue weighted by Gasteiger charge is 2.17. The van der Waals surface area contributed by atoms with Crippen molar-refractivity contribution in [3.63, 3.8) is 0 Å². The van der Waals surface area contributed by atoms with Crippen LogP contribution in [0.15, 0.2) is 11.0 Å². The summed E-state index contributed by atoms with van der Waals surface area (Å²) in [6.07, 6.45) is 0. The van der Waals surface area contributed by atoms with Crippen LogP contribution in [0.5, 0.6) is 0 Å². The molecule has 0 spiro atoms. The van der Waals surface area contributed by atoms with Crippen LogP contribution >= 0.6 is 23.2 Å². The number of nitrogen functional groups attached to an aromatic ring is 1. The van der Waals surface area contributed by atoms with Gasteiger partial charge >= 0.3 is 0 Å². The van der Waals surface area contributed by atoms with Crippen molar-refractivity contribution in [1.82, 2.24) is 0 Å². The Labute approximate surface area is 91.8 Å². The zero-order valence-electron chi connectivity index (χ0n) is 7.21. The van der Waals surface area contributed by atoms with Gasteiger partial charge < -0.3 is 5.73 Å². The first kappa shape index (κ1) is 11.6. The second kappa shape index (κ2) is 3.58. The molecule has 0 fully saturated rings. The van der Waals surface area contributed by atoms with Crippen LogP contribution in [0, 0.1) is 6.92 Å². The van der Waals surface area contributed by atoms with Crippen molar-refractivity contribution >= 4 is 38.9 Å². The summed E-state index contributed by atoms with van der Waals surface area (Å²) in [5.41, 5.74) is 5.95. The molecule has 0 aliphatic rings. The highest BCUT2D eigenvalue weighted by molar-refractivity contribution is 7.89. The molecule has 0 aromatic heterocycles. The summed E-state index contributed by atoms with van der Waals surface area (Å²) in [6.45, 7) is 1.51. The Balaban J connectivity index is 3.66. The monoisotopic (exact) mass is 266 g/mol. The maximum Gasteiger partial charge on any atom is 0.238 e. The maximum absolute atomic E-state index is 11.1. The van der Waals surface area contributed by atoms with Crippen molar-refractivity contribution in [3.05, 3.63) is 21.7 Å². The van der Waals surface area contributed by atoms with Gasteiger partial charge in [-0.15, -0.1) is 0 Å². The SMILES string of the molecule is C[14c]1[14c](S(N)(=O)=O)[14cH][14c](Cl)[14c](N)[14c]1Cl. The minimum Gasteiger partial charge on any atom is -0.396 e. The van der Waals surface area contributed by atoms with Gasteiger partial charge in [-0.05, 0) is 18.6 Å². The molecule has 0 aliphatic carbocycles. The lowest BCUT2D eigenvalue weighted by atomic mass is 11.5. The molecule has 0 heterocycles. The molecular formula is C7H8Cl2N2O2S. The number of halogens is 2. The predicted molar refractivity (Wildman–Crippen MR) is 57.0 cm³/mol. The lowest BCUT2D eigenvalue weighted by Crippen LogP contribution is -2.14. The van der Waals surface area contributed by atoms with Gasteiger partial charge in [-0.25, -0.2) is 13.6 Å². The van der Waals surface area contributed by atoms with Crippen LogP contribution < -0.4 is 10.9 Å². The highest BCUT2D eigenvalue weighted by atomic mass is 35.5. The zero-order valence-corrected chi connectivity index (χ0v) is 9.54. The molecule has 1 aromatic rings. The molecule has 0 saturated carbocycles. The van der Waals surface area contributed by atoms with Crippen LogP contribution in [-0.4, -0.2) is 8.42 Å². The van der Waals surface area contributed by atoms with Crippen LogP contribution in [0.1, 0.15) is 5.56 Å². The third kappa shape index (κ3) is 1.95. The topological polar surface area (TPSA) is 86.2 Å². The molecule has 14 heavy (non-hydrogen) atoms. The first-order valence-corrected chi connectivity index (χ1v) is 5.82. The van der Waals surface area contributed by atoms with E-state index >= 15 is 0 Å². The van der Waals surface area contributed by atoms with Gasteiger partial charge in [0, 0.05) is 0 Å².